The van der Waals surface area contributed by atoms with E-state index in [0.29, 0.717) is 6.42 Å². The van der Waals surface area contributed by atoms with Gasteiger partial charge in [0.2, 0.25) is 5.91 Å². The molecule has 0 spiro atoms. The molecule has 2 atom stereocenters. The van der Waals surface area contributed by atoms with E-state index < -0.39 is 28.0 Å². The van der Waals surface area contributed by atoms with E-state index in [2.05, 4.69) is 19.2 Å². The minimum atomic E-state index is -4.33. The van der Waals surface area contributed by atoms with Crippen LogP contribution < -0.4 is 5.32 Å². The topological polar surface area (TPSA) is 104 Å². The summed E-state index contributed by atoms with van der Waals surface area (Å²) in [6, 6.07) is -1.05. The maximum absolute atomic E-state index is 12.4. The summed E-state index contributed by atoms with van der Waals surface area (Å²) in [6.07, 6.45) is 34.8. The second-order valence-electron chi connectivity index (χ2n) is 12.5. The van der Waals surface area contributed by atoms with Crippen molar-refractivity contribution in [2.75, 3.05) is 5.75 Å². The van der Waals surface area contributed by atoms with Crippen LogP contribution in [0.5, 0.6) is 0 Å². The Morgan fingerprint density at radius 1 is 0.619 bits per heavy atom. The molecule has 0 aliphatic rings. The Morgan fingerprint density at radius 3 is 1.36 bits per heavy atom. The predicted molar refractivity (Wildman–Crippen MR) is 180 cm³/mol. The van der Waals surface area contributed by atoms with Crippen LogP contribution in [0, 0.1) is 0 Å². The molecule has 2 unspecified atom stereocenters. The van der Waals surface area contributed by atoms with Gasteiger partial charge in [0.1, 0.15) is 0 Å². The van der Waals surface area contributed by atoms with Crippen LogP contribution in [-0.4, -0.2) is 41.9 Å². The Balaban J connectivity index is 3.94. The molecule has 0 aromatic rings. The average molecular weight is 616 g/mol. The summed E-state index contributed by atoms with van der Waals surface area (Å²) in [5, 5.41) is 13.1. The summed E-state index contributed by atoms with van der Waals surface area (Å²) in [5.74, 6) is -0.971. The van der Waals surface area contributed by atoms with Crippen molar-refractivity contribution >= 4 is 16.0 Å². The Morgan fingerprint density at radius 2 is 0.976 bits per heavy atom. The summed E-state index contributed by atoms with van der Waals surface area (Å²) in [5.41, 5.74) is 0. The third-order valence-electron chi connectivity index (χ3n) is 8.21. The van der Waals surface area contributed by atoms with Gasteiger partial charge in [-0.25, -0.2) is 0 Å². The van der Waals surface area contributed by atoms with E-state index in [1.54, 1.807) is 6.08 Å². The molecular formula is C35H69NO5S. The Bertz CT molecular complexity index is 725. The molecule has 0 saturated heterocycles. The number of unbranched alkanes of at least 4 members (excludes halogenated alkanes) is 24. The number of rotatable bonds is 32. The van der Waals surface area contributed by atoms with Gasteiger partial charge in [-0.15, -0.1) is 0 Å². The summed E-state index contributed by atoms with van der Waals surface area (Å²) >= 11 is 0. The Hall–Kier alpha value is -0.920. The first-order chi connectivity index (χ1) is 20.3. The molecule has 0 saturated carbocycles. The van der Waals surface area contributed by atoms with Crippen LogP contribution in [0.15, 0.2) is 12.2 Å². The van der Waals surface area contributed by atoms with E-state index >= 15 is 0 Å². The fourth-order valence-electron chi connectivity index (χ4n) is 5.51. The van der Waals surface area contributed by atoms with Crippen LogP contribution in [0.25, 0.3) is 0 Å². The van der Waals surface area contributed by atoms with E-state index in [1.165, 1.54) is 128 Å². The Labute approximate surface area is 261 Å². The van der Waals surface area contributed by atoms with Gasteiger partial charge in [0.05, 0.1) is 17.9 Å². The molecule has 0 radical (unpaired) electrons. The van der Waals surface area contributed by atoms with Gasteiger partial charge >= 0.3 is 0 Å². The molecule has 42 heavy (non-hydrogen) atoms. The Kier molecular flexibility index (Phi) is 29.5. The SMILES string of the molecule is CCCCCCCCCCC/C=C/C(O)C(CS(=O)(=O)O)NC(=O)CCCCCCCCCCCCCCCCCC. The summed E-state index contributed by atoms with van der Waals surface area (Å²) in [7, 11) is -4.33. The minimum Gasteiger partial charge on any atom is -0.387 e. The standard InChI is InChI=1S/C35H69NO5S/c1-3-5-7-9-11-13-15-16-17-18-19-21-23-25-27-29-31-35(38)36-33(32-42(39,40)41)34(37)30-28-26-24-22-20-14-12-10-8-6-4-2/h28,30,33-34,37H,3-27,29,31-32H2,1-2H3,(H,36,38)(H,39,40,41)/b30-28+. The highest BCUT2D eigenvalue weighted by atomic mass is 32.2. The number of hydrogen-bond acceptors (Lipinski definition) is 4. The second kappa shape index (κ2) is 30.1. The van der Waals surface area contributed by atoms with Gasteiger partial charge in [-0.05, 0) is 19.3 Å². The third kappa shape index (κ3) is 30.5. The lowest BCUT2D eigenvalue weighted by Gasteiger charge is -2.21. The van der Waals surface area contributed by atoms with Crippen LogP contribution in [0.2, 0.25) is 0 Å². The van der Waals surface area contributed by atoms with Crippen LogP contribution in [0.3, 0.4) is 0 Å². The third-order valence-corrected chi connectivity index (χ3v) is 8.99. The van der Waals surface area contributed by atoms with Crippen LogP contribution in [0.1, 0.15) is 187 Å². The number of hydrogen-bond donors (Lipinski definition) is 3. The van der Waals surface area contributed by atoms with Gasteiger partial charge in [-0.3, -0.25) is 9.35 Å². The molecular weight excluding hydrogens is 546 g/mol. The molecule has 0 heterocycles. The summed E-state index contributed by atoms with van der Waals surface area (Å²) < 4.78 is 32.3. The fraction of sp³-hybridized carbons (Fsp3) is 0.914. The van der Waals surface area contributed by atoms with Crippen molar-refractivity contribution in [2.45, 2.75) is 199 Å². The number of carbonyl (C=O) groups excluding carboxylic acids is 1. The minimum absolute atomic E-state index is 0.277. The summed E-state index contributed by atoms with van der Waals surface area (Å²) in [6.45, 7) is 4.49. The van der Waals surface area contributed by atoms with Crippen LogP contribution in [-0.2, 0) is 14.9 Å². The van der Waals surface area contributed by atoms with E-state index in [1.807, 2.05) is 6.08 Å². The van der Waals surface area contributed by atoms with E-state index in [0.717, 1.165) is 38.5 Å². The molecule has 0 bridgehead atoms. The zero-order valence-electron chi connectivity index (χ0n) is 27.6. The molecule has 0 rings (SSSR count). The van der Waals surface area contributed by atoms with Crippen molar-refractivity contribution in [3.8, 4) is 0 Å². The molecule has 6 nitrogen and oxygen atoms in total. The number of carbonyl (C=O) groups is 1. The molecule has 3 N–H and O–H groups in total. The van der Waals surface area contributed by atoms with Crippen molar-refractivity contribution in [3.63, 3.8) is 0 Å². The first-order valence-electron chi connectivity index (χ1n) is 17.9. The molecule has 1 amide bonds. The monoisotopic (exact) mass is 615 g/mol. The fourth-order valence-corrected chi connectivity index (χ4v) is 6.24. The first kappa shape index (κ1) is 41.1. The van der Waals surface area contributed by atoms with Crippen molar-refractivity contribution in [3.05, 3.63) is 12.2 Å². The quantitative estimate of drug-likeness (QED) is 0.0397. The van der Waals surface area contributed by atoms with Crippen LogP contribution >= 0.6 is 0 Å². The number of allylic oxidation sites excluding steroid dienone is 1. The van der Waals surface area contributed by atoms with Gasteiger partial charge < -0.3 is 10.4 Å². The predicted octanol–water partition coefficient (Wildman–Crippen LogP) is 9.85. The number of aliphatic hydroxyl groups excluding tert-OH is 1. The molecule has 0 aromatic heterocycles. The van der Waals surface area contributed by atoms with E-state index in [-0.39, 0.29) is 5.91 Å². The molecule has 0 aromatic carbocycles. The highest BCUT2D eigenvalue weighted by Crippen LogP contribution is 2.15. The van der Waals surface area contributed by atoms with Gasteiger partial charge in [0.15, 0.2) is 0 Å². The van der Waals surface area contributed by atoms with Crippen molar-refractivity contribution < 1.29 is 22.9 Å². The van der Waals surface area contributed by atoms with E-state index in [4.69, 9.17) is 0 Å². The number of nitrogens with one attached hydrogen (secondary N) is 1. The first-order valence-corrected chi connectivity index (χ1v) is 19.5. The lowest BCUT2D eigenvalue weighted by atomic mass is 10.0. The molecule has 0 aliphatic heterocycles. The van der Waals surface area contributed by atoms with Crippen molar-refractivity contribution in [2.24, 2.45) is 0 Å². The normalized spacial score (nSPS) is 13.5. The molecule has 7 heteroatoms. The highest BCUT2D eigenvalue weighted by Gasteiger charge is 2.24. The molecule has 0 aliphatic carbocycles. The average Bonchev–Trinajstić information content (AvgIpc) is 2.94. The second-order valence-corrected chi connectivity index (χ2v) is 14.0. The van der Waals surface area contributed by atoms with Gasteiger partial charge in [0.25, 0.3) is 10.1 Å². The summed E-state index contributed by atoms with van der Waals surface area (Å²) in [4.78, 5) is 12.4. The highest BCUT2D eigenvalue weighted by molar-refractivity contribution is 7.85. The van der Waals surface area contributed by atoms with Gasteiger partial charge in [0, 0.05) is 6.42 Å². The lowest BCUT2D eigenvalue weighted by molar-refractivity contribution is -0.122. The smallest absolute Gasteiger partial charge is 0.267 e. The number of amides is 1. The van der Waals surface area contributed by atoms with Crippen molar-refractivity contribution in [1.29, 1.82) is 0 Å². The molecule has 250 valence electrons. The number of aliphatic hydroxyl groups is 1. The molecule has 0 fully saturated rings. The lowest BCUT2D eigenvalue weighted by Crippen LogP contribution is -2.46. The largest absolute Gasteiger partial charge is 0.387 e. The van der Waals surface area contributed by atoms with E-state index in [9.17, 15) is 22.9 Å². The van der Waals surface area contributed by atoms with Crippen LogP contribution in [0.4, 0.5) is 0 Å². The zero-order valence-corrected chi connectivity index (χ0v) is 28.5. The van der Waals surface area contributed by atoms with Crippen molar-refractivity contribution in [1.82, 2.24) is 5.32 Å². The van der Waals surface area contributed by atoms with Gasteiger partial charge in [-0.1, -0.05) is 174 Å². The van der Waals surface area contributed by atoms with Gasteiger partial charge in [-0.2, -0.15) is 8.42 Å². The zero-order chi connectivity index (χ0) is 31.2. The maximum Gasteiger partial charge on any atom is 0.267 e. The maximum atomic E-state index is 12.4.